The van der Waals surface area contributed by atoms with Crippen LogP contribution in [0.5, 0.6) is 0 Å². The maximum atomic E-state index is 13.2. The third-order valence-electron chi connectivity index (χ3n) is 6.61. The number of methoxy groups -OCH3 is 1. The highest BCUT2D eigenvalue weighted by atomic mass is 32.1. The Morgan fingerprint density at radius 2 is 1.91 bits per heavy atom. The molecule has 3 aromatic rings. The van der Waals surface area contributed by atoms with Crippen LogP contribution in [0, 0.1) is 5.92 Å². The molecule has 0 aliphatic heterocycles. The van der Waals surface area contributed by atoms with Gasteiger partial charge in [0, 0.05) is 16.0 Å². The molecule has 0 saturated carbocycles. The molecule has 2 aromatic heterocycles. The van der Waals surface area contributed by atoms with Gasteiger partial charge in [0.25, 0.3) is 5.91 Å². The zero-order valence-electron chi connectivity index (χ0n) is 19.2. The molecule has 2 aliphatic carbocycles. The van der Waals surface area contributed by atoms with E-state index in [4.69, 9.17) is 14.5 Å². The number of ether oxygens (including phenoxy) is 2. The molecule has 2 heterocycles. The van der Waals surface area contributed by atoms with E-state index in [0.717, 1.165) is 71.1 Å². The molecule has 1 N–H and O–H groups in total. The van der Waals surface area contributed by atoms with Gasteiger partial charge in [-0.1, -0.05) is 25.1 Å². The molecule has 1 atom stereocenters. The van der Waals surface area contributed by atoms with Crippen molar-refractivity contribution in [3.8, 4) is 0 Å². The smallest absolute Gasteiger partial charge is 0.341 e. The summed E-state index contributed by atoms with van der Waals surface area (Å²) in [6.07, 6.45) is 5.27. The molecule has 5 rings (SSSR count). The Bertz CT molecular complexity index is 1310. The number of aryl methyl sites for hydroxylation is 2. The van der Waals surface area contributed by atoms with Crippen LogP contribution in [-0.4, -0.2) is 36.5 Å². The van der Waals surface area contributed by atoms with E-state index in [1.807, 2.05) is 24.3 Å². The van der Waals surface area contributed by atoms with E-state index in [1.165, 1.54) is 18.4 Å². The molecule has 7 nitrogen and oxygen atoms in total. The number of fused-ring (bicyclic) bond motifs is 3. The second-order valence-electron chi connectivity index (χ2n) is 8.95. The van der Waals surface area contributed by atoms with Crippen molar-refractivity contribution in [1.29, 1.82) is 0 Å². The third-order valence-corrected chi connectivity index (χ3v) is 7.81. The van der Waals surface area contributed by atoms with Gasteiger partial charge in [-0.3, -0.25) is 9.78 Å². The number of hydrogen-bond acceptors (Lipinski definition) is 7. The van der Waals surface area contributed by atoms with Crippen molar-refractivity contribution < 1.29 is 23.9 Å². The molecule has 1 amide bonds. The molecule has 8 heteroatoms. The van der Waals surface area contributed by atoms with Crippen LogP contribution in [0.25, 0.3) is 10.9 Å². The zero-order chi connectivity index (χ0) is 23.8. The summed E-state index contributed by atoms with van der Waals surface area (Å²) in [4.78, 5) is 44.1. The summed E-state index contributed by atoms with van der Waals surface area (Å²) in [5.41, 5.74) is 4.49. The normalized spacial score (nSPS) is 16.6. The van der Waals surface area contributed by atoms with Gasteiger partial charge in [0.15, 0.2) is 6.61 Å². The molecule has 0 spiro atoms. The van der Waals surface area contributed by atoms with Gasteiger partial charge in [0.2, 0.25) is 0 Å². The summed E-state index contributed by atoms with van der Waals surface area (Å²) < 4.78 is 10.4. The highest BCUT2D eigenvalue weighted by molar-refractivity contribution is 7.17. The number of para-hydroxylation sites is 1. The Balaban J connectivity index is 1.36. The number of benzene rings is 1. The summed E-state index contributed by atoms with van der Waals surface area (Å²) in [5.74, 6) is -1.03. The predicted molar refractivity (Wildman–Crippen MR) is 130 cm³/mol. The maximum absolute atomic E-state index is 13.2. The number of carbonyl (C=O) groups excluding carboxylic acids is 3. The van der Waals surface area contributed by atoms with Crippen molar-refractivity contribution in [2.45, 2.75) is 45.4 Å². The number of hydrogen-bond donors (Lipinski definition) is 1. The van der Waals surface area contributed by atoms with Crippen molar-refractivity contribution >= 4 is 45.1 Å². The van der Waals surface area contributed by atoms with Crippen LogP contribution in [0.2, 0.25) is 0 Å². The fraction of sp³-hybridized carbons (Fsp3) is 0.385. The Labute approximate surface area is 201 Å². The minimum absolute atomic E-state index is 0.419. The van der Waals surface area contributed by atoms with Crippen LogP contribution in [-0.2, 0) is 40.0 Å². The lowest BCUT2D eigenvalue weighted by Gasteiger charge is -2.24. The number of esters is 2. The van der Waals surface area contributed by atoms with Crippen molar-refractivity contribution in [1.82, 2.24) is 4.98 Å². The minimum Gasteiger partial charge on any atom is -0.465 e. The van der Waals surface area contributed by atoms with Gasteiger partial charge in [-0.15, -0.1) is 11.3 Å². The van der Waals surface area contributed by atoms with Gasteiger partial charge >= 0.3 is 11.9 Å². The van der Waals surface area contributed by atoms with Crippen molar-refractivity contribution in [3.05, 3.63) is 57.1 Å². The predicted octanol–water partition coefficient (Wildman–Crippen LogP) is 4.49. The SMILES string of the molecule is COC(=O)c1c(NC(=O)COC(=O)c2c3c(nc4ccccc24)CC[C@H](C)C3)sc2c1CCC2. The van der Waals surface area contributed by atoms with E-state index in [2.05, 4.69) is 12.2 Å². The highest BCUT2D eigenvalue weighted by Gasteiger charge is 2.29. The monoisotopic (exact) mass is 478 g/mol. The van der Waals surface area contributed by atoms with Crippen LogP contribution in [0.3, 0.4) is 0 Å². The summed E-state index contributed by atoms with van der Waals surface area (Å²) in [5, 5.41) is 3.95. The molecular formula is C26H26N2O5S. The molecule has 2 aliphatic rings. The highest BCUT2D eigenvalue weighted by Crippen LogP contribution is 2.39. The summed E-state index contributed by atoms with van der Waals surface area (Å²) in [7, 11) is 1.33. The van der Waals surface area contributed by atoms with Gasteiger partial charge in [-0.2, -0.15) is 0 Å². The number of carbonyl (C=O) groups is 3. The van der Waals surface area contributed by atoms with Crippen LogP contribution in [0.1, 0.15) is 62.2 Å². The summed E-state index contributed by atoms with van der Waals surface area (Å²) >= 11 is 1.39. The average molecular weight is 479 g/mol. The quantitative estimate of drug-likeness (QED) is 0.543. The first-order valence-electron chi connectivity index (χ1n) is 11.6. The number of aromatic nitrogens is 1. The minimum atomic E-state index is -0.527. The van der Waals surface area contributed by atoms with Crippen LogP contribution >= 0.6 is 11.3 Å². The first-order chi connectivity index (χ1) is 16.5. The fourth-order valence-electron chi connectivity index (χ4n) is 4.97. The van der Waals surface area contributed by atoms with E-state index in [1.54, 1.807) is 0 Å². The van der Waals surface area contributed by atoms with E-state index >= 15 is 0 Å². The molecule has 0 bridgehead atoms. The average Bonchev–Trinajstić information content (AvgIpc) is 3.41. The van der Waals surface area contributed by atoms with E-state index in [-0.39, 0.29) is 0 Å². The largest absolute Gasteiger partial charge is 0.465 e. The van der Waals surface area contributed by atoms with E-state index in [9.17, 15) is 14.4 Å². The molecule has 176 valence electrons. The van der Waals surface area contributed by atoms with Crippen LogP contribution < -0.4 is 5.32 Å². The lowest BCUT2D eigenvalue weighted by atomic mass is 9.84. The Kier molecular flexibility index (Phi) is 6.08. The van der Waals surface area contributed by atoms with Gasteiger partial charge in [0.1, 0.15) is 5.00 Å². The molecule has 0 fully saturated rings. The molecular weight excluding hydrogens is 452 g/mol. The van der Waals surface area contributed by atoms with Gasteiger partial charge in [-0.05, 0) is 61.6 Å². The van der Waals surface area contributed by atoms with Crippen LogP contribution in [0.15, 0.2) is 24.3 Å². The number of rotatable bonds is 5. The number of nitrogens with zero attached hydrogens (tertiary/aromatic N) is 1. The summed E-state index contributed by atoms with van der Waals surface area (Å²) in [6.45, 7) is 1.72. The van der Waals surface area contributed by atoms with Crippen LogP contribution in [0.4, 0.5) is 5.00 Å². The standard InChI is InChI=1S/C26H26N2O5S/c1-14-10-11-19-17(12-14)22(15-6-3-4-8-18(15)27-19)26(31)33-13-21(29)28-24-23(25(30)32-2)16-7-5-9-20(16)34-24/h3-4,6,8,14H,5,7,9-13H2,1-2H3,(H,28,29)/t14-/m0/s1. The number of pyridine rings is 1. The maximum Gasteiger partial charge on any atom is 0.341 e. The number of amides is 1. The molecule has 1 aromatic carbocycles. The number of nitrogens with one attached hydrogen (secondary N) is 1. The number of anilines is 1. The second-order valence-corrected chi connectivity index (χ2v) is 10.1. The Morgan fingerprint density at radius 3 is 2.74 bits per heavy atom. The molecule has 34 heavy (non-hydrogen) atoms. The lowest BCUT2D eigenvalue weighted by molar-refractivity contribution is -0.119. The van der Waals surface area contributed by atoms with E-state index in [0.29, 0.717) is 22.0 Å². The Morgan fingerprint density at radius 1 is 1.09 bits per heavy atom. The fourth-order valence-corrected chi connectivity index (χ4v) is 6.27. The molecule has 0 unspecified atom stereocenters. The van der Waals surface area contributed by atoms with Crippen molar-refractivity contribution in [2.75, 3.05) is 19.0 Å². The Hall–Kier alpha value is -3.26. The third kappa shape index (κ3) is 4.07. The van der Waals surface area contributed by atoms with E-state index < -0.39 is 24.5 Å². The first kappa shape index (κ1) is 22.5. The lowest BCUT2D eigenvalue weighted by Crippen LogP contribution is -2.24. The van der Waals surface area contributed by atoms with Gasteiger partial charge in [0.05, 0.1) is 23.8 Å². The first-order valence-corrected chi connectivity index (χ1v) is 12.4. The van der Waals surface area contributed by atoms with Gasteiger partial charge in [-0.25, -0.2) is 9.59 Å². The van der Waals surface area contributed by atoms with Gasteiger partial charge < -0.3 is 14.8 Å². The molecule has 0 radical (unpaired) electrons. The molecule has 0 saturated heterocycles. The number of thiophene rings is 1. The topological polar surface area (TPSA) is 94.6 Å². The van der Waals surface area contributed by atoms with Crippen molar-refractivity contribution in [2.24, 2.45) is 5.92 Å². The van der Waals surface area contributed by atoms with Crippen molar-refractivity contribution in [3.63, 3.8) is 0 Å². The zero-order valence-corrected chi connectivity index (χ0v) is 20.0. The second kappa shape index (κ2) is 9.18. The summed E-state index contributed by atoms with van der Waals surface area (Å²) in [6, 6.07) is 7.53.